The lowest BCUT2D eigenvalue weighted by atomic mass is 10.1. The molecule has 1 aromatic heterocycles. The molecule has 0 spiro atoms. The van der Waals surface area contributed by atoms with E-state index in [-0.39, 0.29) is 11.3 Å². The molecule has 1 aliphatic heterocycles. The maximum atomic E-state index is 12.2. The molecule has 2 heterocycles. The van der Waals surface area contributed by atoms with E-state index in [1.807, 2.05) is 30.3 Å². The Balaban J connectivity index is 1.70. The van der Waals surface area contributed by atoms with Crippen molar-refractivity contribution in [3.05, 3.63) is 69.6 Å². The molecule has 6 nitrogen and oxygen atoms in total. The summed E-state index contributed by atoms with van der Waals surface area (Å²) in [4.78, 5) is 25.9. The number of nitrogens with zero attached hydrogens (tertiary/aromatic N) is 1. The normalized spacial score (nSPS) is 13.9. The van der Waals surface area contributed by atoms with E-state index in [2.05, 4.69) is 4.90 Å². The summed E-state index contributed by atoms with van der Waals surface area (Å²) in [7, 11) is 1.65. The van der Waals surface area contributed by atoms with Crippen molar-refractivity contribution in [1.82, 2.24) is 4.90 Å². The highest BCUT2D eigenvalue weighted by Gasteiger charge is 2.23. The van der Waals surface area contributed by atoms with Gasteiger partial charge in [-0.15, -0.1) is 0 Å². The van der Waals surface area contributed by atoms with Crippen LogP contribution in [0.5, 0.6) is 11.5 Å². The van der Waals surface area contributed by atoms with E-state index in [0.717, 1.165) is 16.9 Å². The molecule has 0 aliphatic carbocycles. The van der Waals surface area contributed by atoms with E-state index < -0.39 is 5.63 Å². The lowest BCUT2D eigenvalue weighted by molar-refractivity contribution is 0.0882. The van der Waals surface area contributed by atoms with Gasteiger partial charge < -0.3 is 13.9 Å². The van der Waals surface area contributed by atoms with Gasteiger partial charge in [-0.05, 0) is 31.2 Å². The topological polar surface area (TPSA) is 69.0 Å². The molecule has 0 saturated carbocycles. The van der Waals surface area contributed by atoms with Gasteiger partial charge in [0.1, 0.15) is 29.4 Å². The summed E-state index contributed by atoms with van der Waals surface area (Å²) in [5, 5.41) is 0.710. The zero-order valence-electron chi connectivity index (χ0n) is 15.2. The van der Waals surface area contributed by atoms with Crippen LogP contribution in [0.3, 0.4) is 0 Å². The van der Waals surface area contributed by atoms with Crippen LogP contribution < -0.4 is 15.1 Å². The molecule has 0 radical (unpaired) electrons. The Morgan fingerprint density at radius 1 is 1.22 bits per heavy atom. The summed E-state index contributed by atoms with van der Waals surface area (Å²) in [6.45, 7) is 2.98. The Morgan fingerprint density at radius 2 is 2.04 bits per heavy atom. The van der Waals surface area contributed by atoms with Crippen molar-refractivity contribution in [3.63, 3.8) is 0 Å². The lowest BCUT2D eigenvalue weighted by Crippen LogP contribution is -2.31. The first-order valence-corrected chi connectivity index (χ1v) is 8.64. The predicted octanol–water partition coefficient (Wildman–Crippen LogP) is 3.36. The highest BCUT2D eigenvalue weighted by molar-refractivity contribution is 5.97. The summed E-state index contributed by atoms with van der Waals surface area (Å²) in [6.07, 6.45) is 0. The highest BCUT2D eigenvalue weighted by atomic mass is 16.5. The number of fused-ring (bicyclic) bond motifs is 3. The molecular weight excluding hydrogens is 346 g/mol. The van der Waals surface area contributed by atoms with Gasteiger partial charge in [0.2, 0.25) is 0 Å². The first kappa shape index (κ1) is 17.3. The van der Waals surface area contributed by atoms with Gasteiger partial charge in [0.15, 0.2) is 5.78 Å². The van der Waals surface area contributed by atoms with Crippen LogP contribution in [0.4, 0.5) is 0 Å². The van der Waals surface area contributed by atoms with Crippen molar-refractivity contribution in [1.29, 1.82) is 0 Å². The minimum Gasteiger partial charge on any atom is -0.496 e. The zero-order valence-corrected chi connectivity index (χ0v) is 15.2. The van der Waals surface area contributed by atoms with Crippen molar-refractivity contribution in [3.8, 4) is 11.5 Å². The van der Waals surface area contributed by atoms with Crippen LogP contribution in [-0.2, 0) is 13.1 Å². The van der Waals surface area contributed by atoms with Crippen LogP contribution in [0.1, 0.15) is 28.4 Å². The number of ether oxygens (including phenoxy) is 2. The minimum atomic E-state index is -0.620. The molecule has 0 saturated heterocycles. The van der Waals surface area contributed by atoms with Gasteiger partial charge in [-0.2, -0.15) is 0 Å². The maximum absolute atomic E-state index is 12.2. The predicted molar refractivity (Wildman–Crippen MR) is 100 cm³/mol. The number of Topliss-reactive ketones (excluding diaryl/α,β-unsaturated/α-hetero) is 1. The number of carbonyl (C=O) groups excluding carboxylic acids is 1. The molecule has 0 unspecified atom stereocenters. The Labute approximate surface area is 155 Å². The second kappa shape index (κ2) is 6.89. The van der Waals surface area contributed by atoms with Crippen LogP contribution in [0.15, 0.2) is 51.7 Å². The fourth-order valence-corrected chi connectivity index (χ4v) is 3.36. The quantitative estimate of drug-likeness (QED) is 0.522. The van der Waals surface area contributed by atoms with Crippen LogP contribution in [0, 0.1) is 0 Å². The van der Waals surface area contributed by atoms with Crippen molar-refractivity contribution in [2.24, 2.45) is 0 Å². The van der Waals surface area contributed by atoms with E-state index in [4.69, 9.17) is 13.9 Å². The van der Waals surface area contributed by atoms with Gasteiger partial charge in [-0.25, -0.2) is 4.79 Å². The number of para-hydroxylation sites is 1. The van der Waals surface area contributed by atoms with Crippen LogP contribution in [0.25, 0.3) is 11.0 Å². The van der Waals surface area contributed by atoms with Crippen LogP contribution >= 0.6 is 0 Å². The van der Waals surface area contributed by atoms with Crippen molar-refractivity contribution >= 4 is 16.8 Å². The number of ketones is 1. The second-order valence-electron chi connectivity index (χ2n) is 6.54. The average Bonchev–Trinajstić information content (AvgIpc) is 2.67. The van der Waals surface area contributed by atoms with Gasteiger partial charge in [-0.1, -0.05) is 18.2 Å². The smallest absolute Gasteiger partial charge is 0.347 e. The van der Waals surface area contributed by atoms with Crippen molar-refractivity contribution in [2.45, 2.75) is 20.0 Å². The number of methoxy groups -OCH3 is 1. The number of hydrogen-bond acceptors (Lipinski definition) is 6. The molecule has 3 aromatic rings. The highest BCUT2D eigenvalue weighted by Crippen LogP contribution is 2.33. The third-order valence-corrected chi connectivity index (χ3v) is 4.71. The summed E-state index contributed by atoms with van der Waals surface area (Å²) in [5.74, 6) is 1.20. The molecule has 0 atom stereocenters. The van der Waals surface area contributed by atoms with E-state index in [1.54, 1.807) is 19.2 Å². The Kier molecular flexibility index (Phi) is 4.41. The molecule has 0 bridgehead atoms. The van der Waals surface area contributed by atoms with E-state index in [0.29, 0.717) is 36.5 Å². The Morgan fingerprint density at radius 3 is 2.81 bits per heavy atom. The Bertz CT molecular complexity index is 1090. The zero-order chi connectivity index (χ0) is 19.0. The summed E-state index contributed by atoms with van der Waals surface area (Å²) < 4.78 is 16.8. The molecule has 27 heavy (non-hydrogen) atoms. The first-order valence-electron chi connectivity index (χ1n) is 8.64. The molecule has 1 aliphatic rings. The molecule has 138 valence electrons. The largest absolute Gasteiger partial charge is 0.496 e. The number of carbonyl (C=O) groups is 1. The van der Waals surface area contributed by atoms with Crippen molar-refractivity contribution < 1.29 is 18.7 Å². The number of benzene rings is 2. The molecule has 0 amide bonds. The third-order valence-electron chi connectivity index (χ3n) is 4.71. The SMILES string of the molecule is COc1ccccc1CN1COc2ccc3cc(C(C)=O)c(=O)oc3c2C1. The second-order valence-corrected chi connectivity index (χ2v) is 6.54. The van der Waals surface area contributed by atoms with Crippen LogP contribution in [-0.4, -0.2) is 24.5 Å². The Hall–Kier alpha value is -3.12. The molecule has 0 fully saturated rings. The fraction of sp³-hybridized carbons (Fsp3) is 0.238. The third kappa shape index (κ3) is 3.19. The maximum Gasteiger partial charge on any atom is 0.347 e. The van der Waals surface area contributed by atoms with Crippen molar-refractivity contribution in [2.75, 3.05) is 13.8 Å². The fourth-order valence-electron chi connectivity index (χ4n) is 3.36. The molecule has 6 heteroatoms. The first-order chi connectivity index (χ1) is 13.1. The van der Waals surface area contributed by atoms with Gasteiger partial charge in [0.05, 0.1) is 12.7 Å². The molecule has 0 N–H and O–H groups in total. The van der Waals surface area contributed by atoms with Gasteiger partial charge in [0, 0.05) is 24.0 Å². The number of hydrogen-bond donors (Lipinski definition) is 0. The van der Waals surface area contributed by atoms with E-state index in [1.165, 1.54) is 6.92 Å². The van der Waals surface area contributed by atoms with E-state index in [9.17, 15) is 9.59 Å². The summed E-state index contributed by atoms with van der Waals surface area (Å²) in [6, 6.07) is 13.1. The van der Waals surface area contributed by atoms with E-state index >= 15 is 0 Å². The van der Waals surface area contributed by atoms with Crippen LogP contribution in [0.2, 0.25) is 0 Å². The average molecular weight is 365 g/mol. The lowest BCUT2D eigenvalue weighted by Gasteiger charge is -2.29. The summed E-state index contributed by atoms with van der Waals surface area (Å²) >= 11 is 0. The monoisotopic (exact) mass is 365 g/mol. The molecule has 2 aromatic carbocycles. The number of rotatable bonds is 4. The molecular formula is C21H19NO5. The van der Waals surface area contributed by atoms with Gasteiger partial charge in [-0.3, -0.25) is 9.69 Å². The van der Waals surface area contributed by atoms with Gasteiger partial charge in [0.25, 0.3) is 0 Å². The minimum absolute atomic E-state index is 0.0602. The van der Waals surface area contributed by atoms with Gasteiger partial charge >= 0.3 is 5.63 Å². The summed E-state index contributed by atoms with van der Waals surface area (Å²) in [5.41, 5.74) is 1.76. The standard InChI is InChI=1S/C21H19NO5/c1-13(23)16-9-14-7-8-19-17(20(14)27-21(16)24)11-22(12-26-19)10-15-5-3-4-6-18(15)25-2/h3-9H,10-12H2,1-2H3. The molecule has 4 rings (SSSR count).